The maximum absolute atomic E-state index is 12.0. The van der Waals surface area contributed by atoms with Gasteiger partial charge in [-0.2, -0.15) is 0 Å². The summed E-state index contributed by atoms with van der Waals surface area (Å²) in [4.78, 5) is 47.2. The van der Waals surface area contributed by atoms with Crippen molar-refractivity contribution in [3.05, 3.63) is 71.8 Å². The van der Waals surface area contributed by atoms with Crippen LogP contribution in [0.3, 0.4) is 0 Å². The third kappa shape index (κ3) is 10.3. The summed E-state index contributed by atoms with van der Waals surface area (Å²) in [6.45, 7) is 22.3. The lowest BCUT2D eigenvalue weighted by Crippen LogP contribution is -2.53. The monoisotopic (exact) mass is 700 g/mol. The van der Waals surface area contributed by atoms with E-state index in [4.69, 9.17) is 27.8 Å². The standard InChI is InChI=1S/2C18H26O5Si/c1-18(2,3)24(4,5)22-11-14-15(23-17(14)20)12-21-16(19)13-9-7-6-8-10-13;1-18(2,3)24(4,5)22-12-15-14(17(20)23-15)11-21-16(19)13-9-7-6-8-10-13/h2*6-10,14-15H,11-12H2,1-5H3/t2*14-,15-/m10/s1. The highest BCUT2D eigenvalue weighted by Gasteiger charge is 2.47. The number of hydrogen-bond acceptors (Lipinski definition) is 10. The van der Waals surface area contributed by atoms with Crippen LogP contribution in [0.15, 0.2) is 60.7 Å². The Labute approximate surface area is 287 Å². The fourth-order valence-corrected chi connectivity index (χ4v) is 6.15. The molecule has 0 saturated carbocycles. The van der Waals surface area contributed by atoms with Crippen LogP contribution in [0.4, 0.5) is 0 Å². The van der Waals surface area contributed by atoms with Gasteiger partial charge < -0.3 is 27.8 Å². The molecule has 12 heteroatoms. The topological polar surface area (TPSA) is 124 Å². The van der Waals surface area contributed by atoms with E-state index in [9.17, 15) is 19.2 Å². The molecule has 0 N–H and O–H groups in total. The Hall–Kier alpha value is -3.33. The normalized spacial score (nSPS) is 21.0. The van der Waals surface area contributed by atoms with Gasteiger partial charge in [0.15, 0.2) is 22.7 Å². The molecule has 0 amide bonds. The Kier molecular flexibility index (Phi) is 13.0. The van der Waals surface area contributed by atoms with E-state index in [1.165, 1.54) is 0 Å². The minimum Gasteiger partial charge on any atom is -0.461 e. The maximum Gasteiger partial charge on any atom is 0.338 e. The minimum absolute atomic E-state index is 0.0259. The zero-order chi connectivity index (χ0) is 35.9. The lowest BCUT2D eigenvalue weighted by molar-refractivity contribution is -0.193. The number of carbonyl (C=O) groups excluding carboxylic acids is 4. The van der Waals surface area contributed by atoms with Crippen molar-refractivity contribution in [2.75, 3.05) is 26.4 Å². The summed E-state index contributed by atoms with van der Waals surface area (Å²) in [7, 11) is -3.82. The van der Waals surface area contributed by atoms with Crippen molar-refractivity contribution in [1.82, 2.24) is 0 Å². The Balaban J connectivity index is 0.000000260. The van der Waals surface area contributed by atoms with Gasteiger partial charge in [0.2, 0.25) is 0 Å². The van der Waals surface area contributed by atoms with Crippen molar-refractivity contribution in [3.63, 3.8) is 0 Å². The molecule has 2 aromatic carbocycles. The zero-order valence-corrected chi connectivity index (χ0v) is 32.0. The lowest BCUT2D eigenvalue weighted by atomic mass is 9.99. The number of ether oxygens (including phenoxy) is 4. The molecule has 4 atom stereocenters. The van der Waals surface area contributed by atoms with Crippen LogP contribution in [-0.2, 0) is 37.4 Å². The average molecular weight is 701 g/mol. The number of hydrogen-bond donors (Lipinski definition) is 0. The Bertz CT molecular complexity index is 1400. The predicted octanol–water partition coefficient (Wildman–Crippen LogP) is 6.81. The molecule has 0 radical (unpaired) electrons. The van der Waals surface area contributed by atoms with Gasteiger partial charge in [-0.15, -0.1) is 0 Å². The maximum atomic E-state index is 12.0. The van der Waals surface area contributed by atoms with E-state index in [1.807, 2.05) is 12.1 Å². The van der Waals surface area contributed by atoms with Gasteiger partial charge in [0.05, 0.1) is 24.3 Å². The molecule has 4 rings (SSSR count). The molecule has 264 valence electrons. The predicted molar refractivity (Wildman–Crippen MR) is 186 cm³/mol. The van der Waals surface area contributed by atoms with Crippen molar-refractivity contribution >= 4 is 40.5 Å². The van der Waals surface area contributed by atoms with Gasteiger partial charge in [-0.1, -0.05) is 77.9 Å². The minimum atomic E-state index is -1.92. The Morgan fingerprint density at radius 1 is 0.583 bits per heavy atom. The Morgan fingerprint density at radius 2 is 0.938 bits per heavy atom. The van der Waals surface area contributed by atoms with E-state index in [1.54, 1.807) is 48.5 Å². The van der Waals surface area contributed by atoms with Gasteiger partial charge in [-0.05, 0) is 60.5 Å². The molecule has 0 spiro atoms. The summed E-state index contributed by atoms with van der Waals surface area (Å²) >= 11 is 0. The first kappa shape index (κ1) is 39.1. The first-order valence-electron chi connectivity index (χ1n) is 16.4. The molecule has 0 unspecified atom stereocenters. The molecule has 48 heavy (non-hydrogen) atoms. The molecule has 2 heterocycles. The lowest BCUT2D eigenvalue weighted by Gasteiger charge is -2.40. The number of esters is 4. The largest absolute Gasteiger partial charge is 0.461 e. The van der Waals surface area contributed by atoms with Crippen LogP contribution in [0.5, 0.6) is 0 Å². The van der Waals surface area contributed by atoms with Crippen molar-refractivity contribution in [2.45, 2.75) is 90.0 Å². The van der Waals surface area contributed by atoms with E-state index >= 15 is 0 Å². The van der Waals surface area contributed by atoms with Crippen molar-refractivity contribution in [2.24, 2.45) is 11.8 Å². The van der Waals surface area contributed by atoms with E-state index in [-0.39, 0.29) is 47.3 Å². The van der Waals surface area contributed by atoms with E-state index in [0.717, 1.165) is 0 Å². The van der Waals surface area contributed by atoms with Crippen LogP contribution >= 0.6 is 0 Å². The molecule has 0 aliphatic carbocycles. The smallest absolute Gasteiger partial charge is 0.338 e. The molecule has 0 bridgehead atoms. The molecular formula is C36H52O10Si2. The number of rotatable bonds is 12. The molecule has 0 aromatic heterocycles. The average Bonchev–Trinajstić information content (AvgIpc) is 3.00. The first-order chi connectivity index (χ1) is 22.2. The SMILES string of the molecule is CC(C)(C)[Si](C)(C)OC[C@@H]1OC(=O)[C@H]1COC(=O)c1ccccc1.CC(C)(C)[Si](C)(C)OC[C@H]1C(=O)O[C@@H]1COC(=O)c1ccccc1. The summed E-state index contributed by atoms with van der Waals surface area (Å²) in [6, 6.07) is 17.5. The summed E-state index contributed by atoms with van der Waals surface area (Å²) in [5.74, 6) is -2.26. The fourth-order valence-electron chi connectivity index (χ4n) is 4.11. The fraction of sp³-hybridized carbons (Fsp3) is 0.556. The summed E-state index contributed by atoms with van der Waals surface area (Å²) in [5.41, 5.74) is 0.955. The van der Waals surface area contributed by atoms with Gasteiger partial charge in [0.1, 0.15) is 31.2 Å². The third-order valence-corrected chi connectivity index (χ3v) is 18.7. The number of cyclic esters (lactones) is 2. The summed E-state index contributed by atoms with van der Waals surface area (Å²) in [6.07, 6.45) is -0.759. The van der Waals surface area contributed by atoms with Gasteiger partial charge in [0.25, 0.3) is 0 Å². The van der Waals surface area contributed by atoms with Gasteiger partial charge in [-0.25, -0.2) is 9.59 Å². The van der Waals surface area contributed by atoms with Crippen LogP contribution in [-0.4, -0.2) is 79.1 Å². The Morgan fingerprint density at radius 3 is 1.33 bits per heavy atom. The zero-order valence-electron chi connectivity index (χ0n) is 30.0. The second-order valence-corrected chi connectivity index (χ2v) is 24.9. The van der Waals surface area contributed by atoms with Gasteiger partial charge in [0, 0.05) is 0 Å². The van der Waals surface area contributed by atoms with Crippen LogP contribution in [0.1, 0.15) is 62.3 Å². The van der Waals surface area contributed by atoms with Crippen molar-refractivity contribution in [1.29, 1.82) is 0 Å². The molecular weight excluding hydrogens is 649 g/mol. The number of benzene rings is 2. The molecule has 2 aliphatic rings. The highest BCUT2D eigenvalue weighted by molar-refractivity contribution is 6.74. The van der Waals surface area contributed by atoms with Gasteiger partial charge in [-0.3, -0.25) is 9.59 Å². The second kappa shape index (κ2) is 15.9. The third-order valence-electron chi connectivity index (χ3n) is 9.67. The molecule has 2 aromatic rings. The number of carbonyl (C=O) groups is 4. The molecule has 2 aliphatic heterocycles. The van der Waals surface area contributed by atoms with Crippen molar-refractivity contribution < 1.29 is 47.0 Å². The quantitative estimate of drug-likeness (QED) is 0.132. The summed E-state index contributed by atoms with van der Waals surface area (Å²) in [5, 5.41) is 0.173. The van der Waals surface area contributed by atoms with Gasteiger partial charge >= 0.3 is 23.9 Å². The second-order valence-electron chi connectivity index (χ2n) is 15.2. The van der Waals surface area contributed by atoms with Crippen LogP contribution < -0.4 is 0 Å². The highest BCUT2D eigenvalue weighted by Crippen LogP contribution is 2.38. The van der Waals surface area contributed by atoms with E-state index in [0.29, 0.717) is 24.3 Å². The molecule has 2 saturated heterocycles. The van der Waals surface area contributed by atoms with Crippen LogP contribution in [0.2, 0.25) is 36.3 Å². The molecule has 10 nitrogen and oxygen atoms in total. The first-order valence-corrected chi connectivity index (χ1v) is 22.2. The van der Waals surface area contributed by atoms with Crippen LogP contribution in [0.25, 0.3) is 0 Å². The van der Waals surface area contributed by atoms with Crippen LogP contribution in [0, 0.1) is 11.8 Å². The highest BCUT2D eigenvalue weighted by atomic mass is 28.4. The summed E-state index contributed by atoms with van der Waals surface area (Å²) < 4.78 is 32.9. The van der Waals surface area contributed by atoms with E-state index in [2.05, 4.69) is 67.7 Å². The molecule has 2 fully saturated rings. The van der Waals surface area contributed by atoms with E-state index < -0.39 is 40.6 Å². The van der Waals surface area contributed by atoms with Crippen molar-refractivity contribution in [3.8, 4) is 0 Å².